The summed E-state index contributed by atoms with van der Waals surface area (Å²) in [5.41, 5.74) is 1.34. The van der Waals surface area contributed by atoms with Crippen molar-refractivity contribution in [2.75, 3.05) is 20.3 Å². The molecule has 0 bridgehead atoms. The fourth-order valence-corrected chi connectivity index (χ4v) is 4.27. The van der Waals surface area contributed by atoms with Gasteiger partial charge in [0.15, 0.2) is 11.5 Å². The Morgan fingerprint density at radius 1 is 1.10 bits per heavy atom. The Hall–Kier alpha value is -2.58. The zero-order valence-electron chi connectivity index (χ0n) is 16.8. The number of hydrogen-bond donors (Lipinski definition) is 1. The summed E-state index contributed by atoms with van der Waals surface area (Å²) in [7, 11) is -1.89. The molecule has 1 aliphatic heterocycles. The van der Waals surface area contributed by atoms with E-state index in [9.17, 15) is 13.2 Å². The van der Waals surface area contributed by atoms with Gasteiger partial charge in [-0.1, -0.05) is 13.0 Å². The Morgan fingerprint density at radius 3 is 2.41 bits per heavy atom. The number of ether oxygens (including phenoxy) is 2. The molecule has 0 fully saturated rings. The van der Waals surface area contributed by atoms with Crippen molar-refractivity contribution in [2.24, 2.45) is 0 Å². The minimum Gasteiger partial charge on any atom is -0.486 e. The van der Waals surface area contributed by atoms with Crippen LogP contribution < -0.4 is 14.2 Å². The maximum absolute atomic E-state index is 12.7. The molecule has 1 amide bonds. The summed E-state index contributed by atoms with van der Waals surface area (Å²) in [6.07, 6.45) is 0.695. The van der Waals surface area contributed by atoms with Crippen LogP contribution in [0.3, 0.4) is 0 Å². The Balaban J connectivity index is 1.68. The average Bonchev–Trinajstić information content (AvgIpc) is 2.72. The number of carbonyl (C=O) groups is 1. The fourth-order valence-electron chi connectivity index (χ4n) is 2.95. The summed E-state index contributed by atoms with van der Waals surface area (Å²) in [6.45, 7) is 5.15. The number of hydrogen-bond acceptors (Lipinski definition) is 5. The second kappa shape index (κ2) is 8.84. The molecule has 0 aromatic heterocycles. The van der Waals surface area contributed by atoms with Gasteiger partial charge in [-0.2, -0.15) is 0 Å². The number of rotatable bonds is 7. The first-order valence-corrected chi connectivity index (χ1v) is 11.0. The lowest BCUT2D eigenvalue weighted by Crippen LogP contribution is -2.32. The predicted molar refractivity (Wildman–Crippen MR) is 110 cm³/mol. The standard InChI is InChI=1S/C21H26N2O5S/c1-4-15(2)22-29(25,26)18-8-6-17(7-9-18)21(24)23(3)14-16-5-10-19-20(13-16)28-12-11-27-19/h5-10,13,15,22H,4,11-12,14H2,1-3H3. The van der Waals surface area contributed by atoms with Crippen LogP contribution in [0.15, 0.2) is 47.4 Å². The minimum atomic E-state index is -3.59. The first kappa shape index (κ1) is 21.1. The van der Waals surface area contributed by atoms with E-state index in [4.69, 9.17) is 9.47 Å². The maximum atomic E-state index is 12.7. The molecule has 29 heavy (non-hydrogen) atoms. The third kappa shape index (κ3) is 5.07. The lowest BCUT2D eigenvalue weighted by atomic mass is 10.1. The SMILES string of the molecule is CCC(C)NS(=O)(=O)c1ccc(C(=O)N(C)Cc2ccc3c(c2)OCCO3)cc1. The molecule has 2 aromatic carbocycles. The average molecular weight is 419 g/mol. The molecule has 0 saturated carbocycles. The van der Waals surface area contributed by atoms with Gasteiger partial charge in [0, 0.05) is 25.2 Å². The highest BCUT2D eigenvalue weighted by Gasteiger charge is 2.19. The van der Waals surface area contributed by atoms with Crippen LogP contribution in [0.25, 0.3) is 0 Å². The summed E-state index contributed by atoms with van der Waals surface area (Å²) in [5, 5.41) is 0. The predicted octanol–water partition coefficient (Wildman–Crippen LogP) is 2.81. The van der Waals surface area contributed by atoms with E-state index in [1.54, 1.807) is 11.9 Å². The highest BCUT2D eigenvalue weighted by Crippen LogP contribution is 2.31. The van der Waals surface area contributed by atoms with Crippen LogP contribution in [0.1, 0.15) is 36.2 Å². The molecule has 0 saturated heterocycles. The maximum Gasteiger partial charge on any atom is 0.253 e. The Kier molecular flexibility index (Phi) is 6.44. The Morgan fingerprint density at radius 2 is 1.76 bits per heavy atom. The van der Waals surface area contributed by atoms with Crippen LogP contribution in [0.2, 0.25) is 0 Å². The molecule has 156 valence electrons. The molecule has 1 atom stereocenters. The molecular formula is C21H26N2O5S. The van der Waals surface area contributed by atoms with E-state index < -0.39 is 10.0 Å². The largest absolute Gasteiger partial charge is 0.486 e. The highest BCUT2D eigenvalue weighted by atomic mass is 32.2. The quantitative estimate of drug-likeness (QED) is 0.747. The first-order chi connectivity index (χ1) is 13.8. The van der Waals surface area contributed by atoms with Gasteiger partial charge in [-0.25, -0.2) is 13.1 Å². The lowest BCUT2D eigenvalue weighted by Gasteiger charge is -2.21. The van der Waals surface area contributed by atoms with Gasteiger partial charge in [-0.15, -0.1) is 0 Å². The molecule has 2 aromatic rings. The fraction of sp³-hybridized carbons (Fsp3) is 0.381. The van der Waals surface area contributed by atoms with E-state index in [0.717, 1.165) is 5.56 Å². The van der Waals surface area contributed by atoms with Crippen molar-refractivity contribution >= 4 is 15.9 Å². The van der Waals surface area contributed by atoms with Gasteiger partial charge < -0.3 is 14.4 Å². The van der Waals surface area contributed by atoms with E-state index in [-0.39, 0.29) is 16.8 Å². The summed E-state index contributed by atoms with van der Waals surface area (Å²) in [5.74, 6) is 1.19. The van der Waals surface area contributed by atoms with Gasteiger partial charge in [-0.3, -0.25) is 4.79 Å². The van der Waals surface area contributed by atoms with Crippen molar-refractivity contribution in [1.29, 1.82) is 0 Å². The van der Waals surface area contributed by atoms with E-state index in [1.807, 2.05) is 32.0 Å². The van der Waals surface area contributed by atoms with Crippen LogP contribution in [0, 0.1) is 0 Å². The third-order valence-electron chi connectivity index (χ3n) is 4.75. The second-order valence-electron chi connectivity index (χ2n) is 7.09. The van der Waals surface area contributed by atoms with Crippen molar-refractivity contribution in [2.45, 2.75) is 37.8 Å². The van der Waals surface area contributed by atoms with E-state index in [2.05, 4.69) is 4.72 Å². The molecule has 1 unspecified atom stereocenters. The lowest BCUT2D eigenvalue weighted by molar-refractivity contribution is 0.0784. The summed E-state index contributed by atoms with van der Waals surface area (Å²) < 4.78 is 38.4. The zero-order valence-corrected chi connectivity index (χ0v) is 17.7. The van der Waals surface area contributed by atoms with Crippen molar-refractivity contribution in [3.63, 3.8) is 0 Å². The number of nitrogens with zero attached hydrogens (tertiary/aromatic N) is 1. The highest BCUT2D eigenvalue weighted by molar-refractivity contribution is 7.89. The van der Waals surface area contributed by atoms with E-state index >= 15 is 0 Å². The Bertz CT molecular complexity index is 973. The minimum absolute atomic E-state index is 0.142. The number of carbonyl (C=O) groups excluding carboxylic acids is 1. The topological polar surface area (TPSA) is 84.9 Å². The molecule has 1 heterocycles. The Labute approximate surface area is 171 Å². The van der Waals surface area contributed by atoms with E-state index in [1.165, 1.54) is 24.3 Å². The number of sulfonamides is 1. The molecular weight excluding hydrogens is 392 g/mol. The van der Waals surface area contributed by atoms with Gasteiger partial charge in [0.1, 0.15) is 13.2 Å². The van der Waals surface area contributed by atoms with Crippen molar-refractivity contribution in [1.82, 2.24) is 9.62 Å². The number of amides is 1. The van der Waals surface area contributed by atoms with Crippen molar-refractivity contribution < 1.29 is 22.7 Å². The van der Waals surface area contributed by atoms with Crippen molar-refractivity contribution in [3.05, 3.63) is 53.6 Å². The molecule has 1 N–H and O–H groups in total. The summed E-state index contributed by atoms with van der Waals surface area (Å²) in [4.78, 5) is 14.4. The summed E-state index contributed by atoms with van der Waals surface area (Å²) >= 11 is 0. The number of nitrogens with one attached hydrogen (secondary N) is 1. The normalized spacial score (nSPS) is 14.3. The van der Waals surface area contributed by atoms with Crippen molar-refractivity contribution in [3.8, 4) is 11.5 Å². The molecule has 0 aliphatic carbocycles. The van der Waals surface area contributed by atoms with Gasteiger partial charge in [-0.05, 0) is 55.3 Å². The molecule has 0 spiro atoms. The molecule has 0 radical (unpaired) electrons. The van der Waals surface area contributed by atoms with Crippen LogP contribution in [-0.4, -0.2) is 45.5 Å². The van der Waals surface area contributed by atoms with Crippen LogP contribution >= 0.6 is 0 Å². The van der Waals surface area contributed by atoms with Crippen LogP contribution in [-0.2, 0) is 16.6 Å². The van der Waals surface area contributed by atoms with Gasteiger partial charge in [0.2, 0.25) is 10.0 Å². The number of benzene rings is 2. The third-order valence-corrected chi connectivity index (χ3v) is 6.36. The van der Waals surface area contributed by atoms with E-state index in [0.29, 0.717) is 43.2 Å². The first-order valence-electron chi connectivity index (χ1n) is 9.56. The molecule has 3 rings (SSSR count). The smallest absolute Gasteiger partial charge is 0.253 e. The summed E-state index contributed by atoms with van der Waals surface area (Å²) in [6, 6.07) is 11.4. The number of fused-ring (bicyclic) bond motifs is 1. The van der Waals surface area contributed by atoms with Gasteiger partial charge >= 0.3 is 0 Å². The molecule has 7 nitrogen and oxygen atoms in total. The second-order valence-corrected chi connectivity index (χ2v) is 8.81. The molecule has 8 heteroatoms. The van der Waals surface area contributed by atoms with Crippen LogP contribution in [0.4, 0.5) is 0 Å². The van der Waals surface area contributed by atoms with Gasteiger partial charge in [0.05, 0.1) is 4.90 Å². The molecule has 1 aliphatic rings. The monoisotopic (exact) mass is 418 g/mol. The van der Waals surface area contributed by atoms with Crippen LogP contribution in [0.5, 0.6) is 11.5 Å². The van der Waals surface area contributed by atoms with Gasteiger partial charge in [0.25, 0.3) is 5.91 Å². The zero-order chi connectivity index (χ0) is 21.0.